The fourth-order valence-corrected chi connectivity index (χ4v) is 3.30. The number of aryl methyl sites for hydroxylation is 2. The fourth-order valence-electron chi connectivity index (χ4n) is 3.30. The lowest BCUT2D eigenvalue weighted by atomic mass is 10.1. The summed E-state index contributed by atoms with van der Waals surface area (Å²) in [4.78, 5) is 16.2. The van der Waals surface area contributed by atoms with E-state index in [-0.39, 0.29) is 24.7 Å². The molecule has 1 aromatic rings. The Balaban J connectivity index is 1.70. The maximum Gasteiger partial charge on any atom is 0.248 e. The van der Waals surface area contributed by atoms with E-state index in [4.69, 9.17) is 14.0 Å². The number of carbonyl (C=O) groups is 1. The zero-order chi connectivity index (χ0) is 15.7. The van der Waals surface area contributed by atoms with Gasteiger partial charge in [-0.2, -0.15) is 0 Å². The molecule has 2 aliphatic heterocycles. The maximum absolute atomic E-state index is 12.0. The molecular weight excluding hydrogens is 286 g/mol. The topological polar surface area (TPSA) is 68.0 Å². The Labute approximate surface area is 130 Å². The molecule has 0 saturated carbocycles. The number of nitrogens with zero attached hydrogens (tertiary/aromatic N) is 3. The standard InChI is InChI=1S/C15H23N3O4/c1-10-12(11(2)22-16-10)6-17-4-5-21-14-8-18(7-13(14)17)15(19)9-20-3/h13-14H,4-9H2,1-3H3/t13-,14+/m1/s1. The number of rotatable bonds is 4. The molecule has 122 valence electrons. The van der Waals surface area contributed by atoms with E-state index in [1.165, 1.54) is 0 Å². The first-order valence-electron chi connectivity index (χ1n) is 7.64. The van der Waals surface area contributed by atoms with Crippen molar-refractivity contribution in [2.45, 2.75) is 32.5 Å². The third-order valence-corrected chi connectivity index (χ3v) is 4.58. The van der Waals surface area contributed by atoms with Crippen molar-refractivity contribution in [3.8, 4) is 0 Å². The first-order chi connectivity index (χ1) is 10.6. The fraction of sp³-hybridized carbons (Fsp3) is 0.733. The molecule has 0 unspecified atom stereocenters. The Kier molecular flexibility index (Phi) is 4.46. The Morgan fingerprint density at radius 1 is 1.41 bits per heavy atom. The maximum atomic E-state index is 12.0. The van der Waals surface area contributed by atoms with Gasteiger partial charge in [-0.3, -0.25) is 9.69 Å². The third kappa shape index (κ3) is 2.88. The monoisotopic (exact) mass is 309 g/mol. The Morgan fingerprint density at radius 2 is 2.23 bits per heavy atom. The molecule has 1 aromatic heterocycles. The molecule has 2 saturated heterocycles. The van der Waals surface area contributed by atoms with Gasteiger partial charge in [-0.05, 0) is 13.8 Å². The molecule has 0 aliphatic carbocycles. The molecular formula is C15H23N3O4. The SMILES string of the molecule is COCC(=O)N1C[C@@H]2OCCN(Cc3c(C)noc3C)[C@@H]2C1. The van der Waals surface area contributed by atoms with Gasteiger partial charge in [-0.25, -0.2) is 0 Å². The molecule has 2 aliphatic rings. The number of carbonyl (C=O) groups excluding carboxylic acids is 1. The summed E-state index contributed by atoms with van der Waals surface area (Å²) >= 11 is 0. The van der Waals surface area contributed by atoms with Crippen LogP contribution in [0.15, 0.2) is 4.52 Å². The molecule has 0 bridgehead atoms. The molecule has 22 heavy (non-hydrogen) atoms. The van der Waals surface area contributed by atoms with Gasteiger partial charge < -0.3 is 18.9 Å². The van der Waals surface area contributed by atoms with Crippen LogP contribution >= 0.6 is 0 Å². The minimum atomic E-state index is 0.0257. The van der Waals surface area contributed by atoms with Gasteiger partial charge in [-0.1, -0.05) is 5.16 Å². The van der Waals surface area contributed by atoms with Crippen molar-refractivity contribution in [2.24, 2.45) is 0 Å². The van der Waals surface area contributed by atoms with Gasteiger partial charge in [0, 0.05) is 38.9 Å². The van der Waals surface area contributed by atoms with Gasteiger partial charge in [-0.15, -0.1) is 0 Å². The highest BCUT2D eigenvalue weighted by Gasteiger charge is 2.41. The predicted molar refractivity (Wildman–Crippen MR) is 78.4 cm³/mol. The Morgan fingerprint density at radius 3 is 2.91 bits per heavy atom. The van der Waals surface area contributed by atoms with Gasteiger partial charge >= 0.3 is 0 Å². The lowest BCUT2D eigenvalue weighted by molar-refractivity contribution is -0.134. The molecule has 2 atom stereocenters. The second-order valence-electron chi connectivity index (χ2n) is 5.98. The summed E-state index contributed by atoms with van der Waals surface area (Å²) in [6.45, 7) is 7.71. The van der Waals surface area contributed by atoms with E-state index < -0.39 is 0 Å². The number of hydrogen-bond acceptors (Lipinski definition) is 6. The first kappa shape index (κ1) is 15.5. The van der Waals surface area contributed by atoms with Crippen molar-refractivity contribution in [3.63, 3.8) is 0 Å². The van der Waals surface area contributed by atoms with Crippen molar-refractivity contribution in [1.29, 1.82) is 0 Å². The van der Waals surface area contributed by atoms with Crippen LogP contribution in [0.2, 0.25) is 0 Å². The number of likely N-dealkylation sites (tertiary alicyclic amines) is 1. The number of ether oxygens (including phenoxy) is 2. The van der Waals surface area contributed by atoms with Gasteiger partial charge in [0.2, 0.25) is 5.91 Å². The van der Waals surface area contributed by atoms with Crippen LogP contribution < -0.4 is 0 Å². The molecule has 0 aromatic carbocycles. The van der Waals surface area contributed by atoms with Crippen molar-refractivity contribution < 1.29 is 18.8 Å². The normalized spacial score (nSPS) is 25.5. The van der Waals surface area contributed by atoms with Gasteiger partial charge in [0.05, 0.1) is 24.4 Å². The summed E-state index contributed by atoms with van der Waals surface area (Å²) in [7, 11) is 1.54. The Hall–Kier alpha value is -1.44. The molecule has 2 fully saturated rings. The first-order valence-corrected chi connectivity index (χ1v) is 7.64. The highest BCUT2D eigenvalue weighted by atomic mass is 16.5. The van der Waals surface area contributed by atoms with Crippen LogP contribution in [0.25, 0.3) is 0 Å². The highest BCUT2D eigenvalue weighted by molar-refractivity contribution is 5.77. The lowest BCUT2D eigenvalue weighted by Crippen LogP contribution is -2.50. The summed E-state index contributed by atoms with van der Waals surface area (Å²) in [5.74, 6) is 0.892. The molecule has 3 heterocycles. The molecule has 3 rings (SSSR count). The van der Waals surface area contributed by atoms with E-state index >= 15 is 0 Å². The second kappa shape index (κ2) is 6.36. The minimum Gasteiger partial charge on any atom is -0.375 e. The van der Waals surface area contributed by atoms with E-state index in [2.05, 4.69) is 10.1 Å². The molecule has 0 spiro atoms. The average Bonchev–Trinajstić information content (AvgIpc) is 3.06. The van der Waals surface area contributed by atoms with Crippen LogP contribution in [0.4, 0.5) is 0 Å². The van der Waals surface area contributed by atoms with E-state index in [0.717, 1.165) is 30.1 Å². The van der Waals surface area contributed by atoms with Crippen molar-refractivity contribution in [1.82, 2.24) is 15.0 Å². The zero-order valence-corrected chi connectivity index (χ0v) is 13.4. The zero-order valence-electron chi connectivity index (χ0n) is 13.4. The Bertz CT molecular complexity index is 525. The van der Waals surface area contributed by atoms with Crippen LogP contribution in [0, 0.1) is 13.8 Å². The van der Waals surface area contributed by atoms with Crippen molar-refractivity contribution in [2.75, 3.05) is 40.0 Å². The molecule has 7 heteroatoms. The highest BCUT2D eigenvalue weighted by Crippen LogP contribution is 2.26. The smallest absolute Gasteiger partial charge is 0.248 e. The number of aromatic nitrogens is 1. The molecule has 1 amide bonds. The number of hydrogen-bond donors (Lipinski definition) is 0. The number of fused-ring (bicyclic) bond motifs is 1. The largest absolute Gasteiger partial charge is 0.375 e. The summed E-state index contributed by atoms with van der Waals surface area (Å²) in [5, 5.41) is 4.02. The van der Waals surface area contributed by atoms with Crippen LogP contribution in [0.5, 0.6) is 0 Å². The molecule has 0 N–H and O–H groups in total. The van der Waals surface area contributed by atoms with Gasteiger partial charge in [0.25, 0.3) is 0 Å². The summed E-state index contributed by atoms with van der Waals surface area (Å²) in [5.41, 5.74) is 2.08. The van der Waals surface area contributed by atoms with Gasteiger partial charge in [0.1, 0.15) is 12.4 Å². The lowest BCUT2D eigenvalue weighted by Gasteiger charge is -2.36. The van der Waals surface area contributed by atoms with Crippen molar-refractivity contribution in [3.05, 3.63) is 17.0 Å². The van der Waals surface area contributed by atoms with Crippen LogP contribution in [0.1, 0.15) is 17.0 Å². The number of amides is 1. The van der Waals surface area contributed by atoms with Crippen molar-refractivity contribution >= 4 is 5.91 Å². The van der Waals surface area contributed by atoms with Crippen LogP contribution in [-0.2, 0) is 20.8 Å². The average molecular weight is 309 g/mol. The van der Waals surface area contributed by atoms with Gasteiger partial charge in [0.15, 0.2) is 0 Å². The summed E-state index contributed by atoms with van der Waals surface area (Å²) < 4.78 is 16.1. The van der Waals surface area contributed by atoms with Crippen LogP contribution in [0.3, 0.4) is 0 Å². The minimum absolute atomic E-state index is 0.0257. The van der Waals surface area contributed by atoms with E-state index in [1.807, 2.05) is 18.7 Å². The molecule has 7 nitrogen and oxygen atoms in total. The summed E-state index contributed by atoms with van der Waals surface area (Å²) in [6, 6.07) is 0.225. The predicted octanol–water partition coefficient (Wildman–Crippen LogP) is 0.349. The third-order valence-electron chi connectivity index (χ3n) is 4.58. The van der Waals surface area contributed by atoms with Crippen LogP contribution in [-0.4, -0.2) is 73.0 Å². The second-order valence-corrected chi connectivity index (χ2v) is 5.98. The van der Waals surface area contributed by atoms with E-state index in [1.54, 1.807) is 7.11 Å². The van der Waals surface area contributed by atoms with E-state index in [0.29, 0.717) is 19.7 Å². The number of morpholine rings is 1. The van der Waals surface area contributed by atoms with E-state index in [9.17, 15) is 4.79 Å². The summed E-state index contributed by atoms with van der Waals surface area (Å²) in [6.07, 6.45) is 0.0787. The quantitative estimate of drug-likeness (QED) is 0.799. The molecule has 0 radical (unpaired) electrons. The number of methoxy groups -OCH3 is 1.